The van der Waals surface area contributed by atoms with Crippen LogP contribution in [0.25, 0.3) is 10.8 Å². The highest BCUT2D eigenvalue weighted by atomic mass is 19.1. The molecule has 3 aromatic rings. The van der Waals surface area contributed by atoms with E-state index >= 15 is 4.39 Å². The van der Waals surface area contributed by atoms with Crippen molar-refractivity contribution in [2.24, 2.45) is 5.92 Å². The molecular formula is C36H45F. The van der Waals surface area contributed by atoms with Crippen LogP contribution >= 0.6 is 0 Å². The quantitative estimate of drug-likeness (QED) is 0.183. The first kappa shape index (κ1) is 27.4. The van der Waals surface area contributed by atoms with Crippen LogP contribution in [0.2, 0.25) is 0 Å². The summed E-state index contributed by atoms with van der Waals surface area (Å²) in [5.41, 5.74) is 4.14. The Morgan fingerprint density at radius 3 is 2.22 bits per heavy atom. The maximum absolute atomic E-state index is 15.3. The van der Waals surface area contributed by atoms with Crippen molar-refractivity contribution < 1.29 is 4.39 Å². The zero-order chi connectivity index (χ0) is 25.9. The van der Waals surface area contributed by atoms with Crippen molar-refractivity contribution in [1.82, 2.24) is 0 Å². The number of aryl methyl sites for hydroxylation is 1. The second kappa shape index (κ2) is 14.4. The monoisotopic (exact) mass is 496 g/mol. The van der Waals surface area contributed by atoms with Crippen LogP contribution in [0.15, 0.2) is 54.6 Å². The third-order valence-corrected chi connectivity index (χ3v) is 8.38. The minimum absolute atomic E-state index is 0.195. The van der Waals surface area contributed by atoms with Crippen LogP contribution in [-0.2, 0) is 6.42 Å². The van der Waals surface area contributed by atoms with Gasteiger partial charge in [-0.3, -0.25) is 0 Å². The van der Waals surface area contributed by atoms with Crippen molar-refractivity contribution in [3.8, 4) is 11.8 Å². The summed E-state index contributed by atoms with van der Waals surface area (Å²) >= 11 is 0. The molecule has 0 radical (unpaired) electrons. The van der Waals surface area contributed by atoms with Gasteiger partial charge in [0.15, 0.2) is 0 Å². The molecule has 0 spiro atoms. The predicted octanol–water partition coefficient (Wildman–Crippen LogP) is 10.7. The summed E-state index contributed by atoms with van der Waals surface area (Å²) in [5.74, 6) is 7.58. The van der Waals surface area contributed by atoms with Gasteiger partial charge in [-0.15, -0.1) is 0 Å². The largest absolute Gasteiger partial charge is 0.205 e. The second-order valence-corrected chi connectivity index (χ2v) is 11.2. The van der Waals surface area contributed by atoms with E-state index in [9.17, 15) is 0 Å². The van der Waals surface area contributed by atoms with Crippen molar-refractivity contribution in [1.29, 1.82) is 0 Å². The van der Waals surface area contributed by atoms with E-state index in [2.05, 4.69) is 62.1 Å². The minimum atomic E-state index is -0.195. The Balaban J connectivity index is 1.35. The van der Waals surface area contributed by atoms with Gasteiger partial charge in [-0.05, 0) is 85.1 Å². The highest BCUT2D eigenvalue weighted by molar-refractivity contribution is 5.85. The predicted molar refractivity (Wildman–Crippen MR) is 158 cm³/mol. The Morgan fingerprint density at radius 2 is 1.46 bits per heavy atom. The molecule has 0 aliphatic heterocycles. The molecule has 0 bridgehead atoms. The molecule has 1 heteroatoms. The molecule has 0 unspecified atom stereocenters. The van der Waals surface area contributed by atoms with Crippen LogP contribution in [0.5, 0.6) is 0 Å². The molecule has 0 atom stereocenters. The van der Waals surface area contributed by atoms with E-state index in [4.69, 9.17) is 0 Å². The minimum Gasteiger partial charge on any atom is -0.205 e. The van der Waals surface area contributed by atoms with Crippen molar-refractivity contribution in [3.63, 3.8) is 0 Å². The van der Waals surface area contributed by atoms with Crippen molar-refractivity contribution in [2.75, 3.05) is 0 Å². The molecule has 1 aliphatic carbocycles. The molecule has 0 aromatic heterocycles. The van der Waals surface area contributed by atoms with Crippen molar-refractivity contribution >= 4 is 10.8 Å². The first-order valence-corrected chi connectivity index (χ1v) is 15.0. The molecule has 0 N–H and O–H groups in total. The lowest BCUT2D eigenvalue weighted by Gasteiger charge is -2.29. The van der Waals surface area contributed by atoms with Gasteiger partial charge < -0.3 is 0 Å². The average molecular weight is 497 g/mol. The second-order valence-electron chi connectivity index (χ2n) is 11.2. The number of benzene rings is 3. The zero-order valence-corrected chi connectivity index (χ0v) is 23.1. The summed E-state index contributed by atoms with van der Waals surface area (Å²) < 4.78 is 15.3. The van der Waals surface area contributed by atoms with E-state index in [1.807, 2.05) is 18.2 Å². The van der Waals surface area contributed by atoms with E-state index in [1.54, 1.807) is 0 Å². The molecule has 37 heavy (non-hydrogen) atoms. The SMILES string of the molecule is CCCCCCCC1CCC(c2ccc3c(F)c(C#Cc4ccc(CCCCC)cc4)ccc3c2)CC1. The van der Waals surface area contributed by atoms with Crippen molar-refractivity contribution in [2.45, 2.75) is 110 Å². The van der Waals surface area contributed by atoms with Crippen LogP contribution in [0.3, 0.4) is 0 Å². The first-order valence-electron chi connectivity index (χ1n) is 15.0. The number of unbranched alkanes of at least 4 members (excludes halogenated alkanes) is 6. The average Bonchev–Trinajstić information content (AvgIpc) is 2.94. The van der Waals surface area contributed by atoms with Crippen molar-refractivity contribution in [3.05, 3.63) is 82.7 Å². The van der Waals surface area contributed by atoms with Crippen LogP contribution < -0.4 is 0 Å². The molecule has 0 amide bonds. The Bertz CT molecular complexity index is 1170. The summed E-state index contributed by atoms with van der Waals surface area (Å²) in [6, 6.07) is 18.7. The maximum atomic E-state index is 15.3. The van der Waals surface area contributed by atoms with Gasteiger partial charge >= 0.3 is 0 Å². The number of fused-ring (bicyclic) bond motifs is 1. The Morgan fingerprint density at radius 1 is 0.730 bits per heavy atom. The molecule has 3 aromatic carbocycles. The molecule has 1 aliphatic rings. The molecule has 1 saturated carbocycles. The fourth-order valence-corrected chi connectivity index (χ4v) is 5.96. The zero-order valence-electron chi connectivity index (χ0n) is 23.1. The maximum Gasteiger partial charge on any atom is 0.146 e. The molecule has 0 nitrogen and oxygen atoms in total. The lowest BCUT2D eigenvalue weighted by atomic mass is 9.76. The van der Waals surface area contributed by atoms with Crippen LogP contribution in [0.4, 0.5) is 4.39 Å². The highest BCUT2D eigenvalue weighted by Crippen LogP contribution is 2.39. The van der Waals surface area contributed by atoms with Gasteiger partial charge in [0, 0.05) is 10.9 Å². The van der Waals surface area contributed by atoms with Gasteiger partial charge in [0.1, 0.15) is 5.82 Å². The standard InChI is InChI=1S/C36H45F/c1-3-5-7-8-10-12-29-17-20-31(21-18-29)33-25-26-35-34(27-33)24-23-32(36(35)37)22-19-30-15-13-28(14-16-30)11-9-6-4-2/h13-16,23-27,29,31H,3-12,17-18,20-21H2,1-2H3. The van der Waals surface area contributed by atoms with Crippen LogP contribution in [0.1, 0.15) is 125 Å². The highest BCUT2D eigenvalue weighted by Gasteiger charge is 2.22. The molecule has 0 heterocycles. The molecule has 4 rings (SSSR count). The van der Waals surface area contributed by atoms with E-state index < -0.39 is 0 Å². The lowest BCUT2D eigenvalue weighted by molar-refractivity contribution is 0.302. The number of rotatable bonds is 11. The number of halogens is 1. The third kappa shape index (κ3) is 7.95. The fourth-order valence-electron chi connectivity index (χ4n) is 5.96. The summed E-state index contributed by atoms with van der Waals surface area (Å²) in [5, 5.41) is 1.68. The Kier molecular flexibility index (Phi) is 10.7. The number of hydrogen-bond donors (Lipinski definition) is 0. The van der Waals surface area contributed by atoms with E-state index in [0.717, 1.165) is 23.3 Å². The van der Waals surface area contributed by atoms with Gasteiger partial charge in [0.25, 0.3) is 0 Å². The Labute approximate surface area is 225 Å². The molecule has 0 saturated heterocycles. The summed E-state index contributed by atoms with van der Waals surface area (Å²) in [4.78, 5) is 0. The smallest absolute Gasteiger partial charge is 0.146 e. The summed E-state index contributed by atoms with van der Waals surface area (Å²) in [6.45, 7) is 4.51. The Hall–Kier alpha value is -2.59. The van der Waals surface area contributed by atoms with Gasteiger partial charge in [-0.2, -0.15) is 0 Å². The summed E-state index contributed by atoms with van der Waals surface area (Å²) in [6.07, 6.45) is 18.4. The first-order chi connectivity index (χ1) is 18.2. The van der Waals surface area contributed by atoms with E-state index in [-0.39, 0.29) is 5.82 Å². The fraction of sp³-hybridized carbons (Fsp3) is 0.500. The van der Waals surface area contributed by atoms with Gasteiger partial charge in [0.2, 0.25) is 0 Å². The van der Waals surface area contributed by atoms with Gasteiger partial charge in [0.05, 0.1) is 5.56 Å². The van der Waals surface area contributed by atoms with Gasteiger partial charge in [-0.25, -0.2) is 4.39 Å². The summed E-state index contributed by atoms with van der Waals surface area (Å²) in [7, 11) is 0. The molecule has 196 valence electrons. The van der Waals surface area contributed by atoms with Crippen LogP contribution in [0, 0.1) is 23.6 Å². The van der Waals surface area contributed by atoms with Gasteiger partial charge in [-0.1, -0.05) is 113 Å². The molecular weight excluding hydrogens is 451 g/mol. The third-order valence-electron chi connectivity index (χ3n) is 8.38. The number of hydrogen-bond acceptors (Lipinski definition) is 0. The van der Waals surface area contributed by atoms with Crippen LogP contribution in [-0.4, -0.2) is 0 Å². The van der Waals surface area contributed by atoms with E-state index in [1.165, 1.54) is 94.6 Å². The normalized spacial score (nSPS) is 17.5. The lowest BCUT2D eigenvalue weighted by Crippen LogP contribution is -2.13. The topological polar surface area (TPSA) is 0 Å². The van der Waals surface area contributed by atoms with E-state index in [0.29, 0.717) is 16.9 Å². The molecule has 1 fully saturated rings.